The molecule has 1 aliphatic heterocycles. The summed E-state index contributed by atoms with van der Waals surface area (Å²) in [5.74, 6) is -0.815. The zero-order chi connectivity index (χ0) is 27.4. The average Bonchev–Trinajstić information content (AvgIpc) is 3.43. The number of amides is 1. The zero-order valence-electron chi connectivity index (χ0n) is 22.3. The molecule has 0 spiro atoms. The summed E-state index contributed by atoms with van der Waals surface area (Å²) < 4.78 is 7.62. The topological polar surface area (TPSA) is 84.1 Å². The molecular weight excluding hydrogens is 490 g/mol. The zero-order valence-corrected chi connectivity index (χ0v) is 22.3. The van der Waals surface area contributed by atoms with Crippen LogP contribution >= 0.6 is 0 Å². The largest absolute Gasteiger partial charge is 0.505 e. The second-order valence-corrected chi connectivity index (χ2v) is 9.83. The van der Waals surface area contributed by atoms with E-state index in [1.54, 1.807) is 22.4 Å². The highest BCUT2D eigenvalue weighted by Crippen LogP contribution is 2.40. The molecule has 1 aliphatic rings. The number of aromatic nitrogens is 2. The Morgan fingerprint density at radius 3 is 2.46 bits per heavy atom. The Bertz CT molecular complexity index is 1510. The normalized spacial score (nSPS) is 16.8. The Hall–Kier alpha value is -4.39. The molecular formula is C32H33N3O4. The lowest BCUT2D eigenvalue weighted by molar-refractivity contribution is -0.139. The lowest BCUT2D eigenvalue weighted by Crippen LogP contribution is -2.31. The van der Waals surface area contributed by atoms with Crippen molar-refractivity contribution in [3.05, 3.63) is 107 Å². The summed E-state index contributed by atoms with van der Waals surface area (Å²) in [6, 6.07) is 22.1. The fourth-order valence-corrected chi connectivity index (χ4v) is 5.17. The Kier molecular flexibility index (Phi) is 7.77. The maximum Gasteiger partial charge on any atom is 0.295 e. The lowest BCUT2D eigenvalue weighted by atomic mass is 9.96. The van der Waals surface area contributed by atoms with Gasteiger partial charge in [-0.15, -0.1) is 0 Å². The van der Waals surface area contributed by atoms with E-state index in [4.69, 9.17) is 4.74 Å². The first-order chi connectivity index (χ1) is 19.0. The molecule has 1 unspecified atom stereocenters. The third-order valence-corrected chi connectivity index (χ3v) is 7.17. The van der Waals surface area contributed by atoms with Gasteiger partial charge in [0.05, 0.1) is 23.9 Å². The van der Waals surface area contributed by atoms with Crippen LogP contribution in [0.1, 0.15) is 54.7 Å². The van der Waals surface area contributed by atoms with Crippen LogP contribution < -0.4 is 4.74 Å². The number of likely N-dealkylation sites (tertiary alicyclic amines) is 1. The molecule has 0 saturated carbocycles. The SMILES string of the molecule is CCCCCOc1ccc(C2C(=C(O)c3c(C)nc4ccccn34)C(=O)C(=O)N2CCc2ccccc2)cc1. The maximum absolute atomic E-state index is 13.5. The number of unbranched alkanes of at least 4 members (excludes halogenated alkanes) is 2. The Labute approximate surface area is 228 Å². The summed E-state index contributed by atoms with van der Waals surface area (Å²) in [5, 5.41) is 11.6. The number of aryl methyl sites for hydroxylation is 1. The first-order valence-electron chi connectivity index (χ1n) is 13.5. The molecule has 200 valence electrons. The highest BCUT2D eigenvalue weighted by molar-refractivity contribution is 6.46. The van der Waals surface area contributed by atoms with Crippen LogP contribution in [0.2, 0.25) is 0 Å². The molecule has 0 bridgehead atoms. The van der Waals surface area contributed by atoms with Gasteiger partial charge in [-0.2, -0.15) is 0 Å². The third kappa shape index (κ3) is 5.30. The van der Waals surface area contributed by atoms with E-state index in [9.17, 15) is 14.7 Å². The van der Waals surface area contributed by atoms with Crippen LogP contribution in [0.3, 0.4) is 0 Å². The van der Waals surface area contributed by atoms with Crippen molar-refractivity contribution in [2.24, 2.45) is 0 Å². The molecule has 2 aromatic heterocycles. The molecule has 39 heavy (non-hydrogen) atoms. The van der Waals surface area contributed by atoms with Crippen LogP contribution in [-0.4, -0.2) is 44.2 Å². The minimum atomic E-state index is -0.739. The van der Waals surface area contributed by atoms with Crippen LogP contribution in [0.25, 0.3) is 11.4 Å². The monoisotopic (exact) mass is 523 g/mol. The molecule has 1 fully saturated rings. The minimum Gasteiger partial charge on any atom is -0.505 e. The number of hydrogen-bond acceptors (Lipinski definition) is 5. The molecule has 1 amide bonds. The summed E-state index contributed by atoms with van der Waals surface area (Å²) in [6.45, 7) is 4.90. The predicted molar refractivity (Wildman–Crippen MR) is 151 cm³/mol. The van der Waals surface area contributed by atoms with Gasteiger partial charge in [0, 0.05) is 12.7 Å². The number of aliphatic hydroxyl groups is 1. The van der Waals surface area contributed by atoms with E-state index in [2.05, 4.69) is 11.9 Å². The van der Waals surface area contributed by atoms with Gasteiger partial charge in [0.15, 0.2) is 5.76 Å². The molecule has 0 radical (unpaired) electrons. The molecule has 7 nitrogen and oxygen atoms in total. The summed E-state index contributed by atoms with van der Waals surface area (Å²) in [6.07, 6.45) is 5.58. The van der Waals surface area contributed by atoms with Gasteiger partial charge < -0.3 is 14.7 Å². The van der Waals surface area contributed by atoms with E-state index in [1.807, 2.05) is 72.8 Å². The van der Waals surface area contributed by atoms with Gasteiger partial charge in [0.25, 0.3) is 11.7 Å². The first kappa shape index (κ1) is 26.2. The highest BCUT2D eigenvalue weighted by atomic mass is 16.5. The number of ether oxygens (including phenoxy) is 1. The predicted octanol–water partition coefficient (Wildman–Crippen LogP) is 5.88. The summed E-state index contributed by atoms with van der Waals surface area (Å²) in [5.41, 5.74) is 3.49. The van der Waals surface area contributed by atoms with Crippen molar-refractivity contribution < 1.29 is 19.4 Å². The molecule has 1 N–H and O–H groups in total. The van der Waals surface area contributed by atoms with Crippen molar-refractivity contribution >= 4 is 23.1 Å². The number of ketones is 1. The van der Waals surface area contributed by atoms with Crippen molar-refractivity contribution in [1.29, 1.82) is 0 Å². The van der Waals surface area contributed by atoms with E-state index in [0.717, 1.165) is 36.1 Å². The number of fused-ring (bicyclic) bond motifs is 1. The van der Waals surface area contributed by atoms with Crippen molar-refractivity contribution in [2.75, 3.05) is 13.2 Å². The number of Topliss-reactive ketones (excluding diaryl/α,β-unsaturated/α-hetero) is 1. The number of carbonyl (C=O) groups excluding carboxylic acids is 2. The Morgan fingerprint density at radius 1 is 0.974 bits per heavy atom. The van der Waals surface area contributed by atoms with Crippen molar-refractivity contribution in [3.8, 4) is 5.75 Å². The number of imidazole rings is 1. The number of nitrogens with zero attached hydrogens (tertiary/aromatic N) is 3. The molecule has 4 aromatic rings. The number of benzene rings is 2. The van der Waals surface area contributed by atoms with Crippen molar-refractivity contribution in [2.45, 2.75) is 45.6 Å². The fourth-order valence-electron chi connectivity index (χ4n) is 5.17. The van der Waals surface area contributed by atoms with Gasteiger partial charge in [-0.05, 0) is 55.2 Å². The van der Waals surface area contributed by atoms with Crippen LogP contribution in [0.5, 0.6) is 5.75 Å². The van der Waals surface area contributed by atoms with Gasteiger partial charge in [0.1, 0.15) is 17.1 Å². The highest BCUT2D eigenvalue weighted by Gasteiger charge is 2.46. The van der Waals surface area contributed by atoms with Gasteiger partial charge in [-0.1, -0.05) is 68.3 Å². The van der Waals surface area contributed by atoms with Crippen LogP contribution in [0, 0.1) is 6.92 Å². The second-order valence-electron chi connectivity index (χ2n) is 9.83. The molecule has 7 heteroatoms. The van der Waals surface area contributed by atoms with Crippen molar-refractivity contribution in [3.63, 3.8) is 0 Å². The van der Waals surface area contributed by atoms with Gasteiger partial charge in [-0.25, -0.2) is 4.98 Å². The summed E-state index contributed by atoms with van der Waals surface area (Å²) in [7, 11) is 0. The van der Waals surface area contributed by atoms with Crippen LogP contribution in [0.15, 0.2) is 84.6 Å². The number of carbonyl (C=O) groups is 2. The molecule has 5 rings (SSSR count). The lowest BCUT2D eigenvalue weighted by Gasteiger charge is -2.25. The summed E-state index contributed by atoms with van der Waals surface area (Å²) >= 11 is 0. The number of pyridine rings is 1. The molecule has 1 saturated heterocycles. The van der Waals surface area contributed by atoms with E-state index in [0.29, 0.717) is 36.6 Å². The third-order valence-electron chi connectivity index (χ3n) is 7.17. The van der Waals surface area contributed by atoms with Crippen molar-refractivity contribution in [1.82, 2.24) is 14.3 Å². The van der Waals surface area contributed by atoms with E-state index >= 15 is 0 Å². The molecule has 2 aromatic carbocycles. The Morgan fingerprint density at radius 2 is 1.72 bits per heavy atom. The molecule has 1 atom stereocenters. The number of aliphatic hydroxyl groups excluding tert-OH is 1. The van der Waals surface area contributed by atoms with Gasteiger partial charge in [-0.3, -0.25) is 14.0 Å². The van der Waals surface area contributed by atoms with E-state index in [1.165, 1.54) is 0 Å². The Balaban J connectivity index is 1.55. The fraction of sp³-hybridized carbons (Fsp3) is 0.281. The van der Waals surface area contributed by atoms with Crippen LogP contribution in [0.4, 0.5) is 0 Å². The number of rotatable bonds is 10. The quantitative estimate of drug-likeness (QED) is 0.122. The molecule has 3 heterocycles. The smallest absolute Gasteiger partial charge is 0.295 e. The first-order valence-corrected chi connectivity index (χ1v) is 13.5. The minimum absolute atomic E-state index is 0.0680. The van der Waals surface area contributed by atoms with Gasteiger partial charge in [0.2, 0.25) is 0 Å². The standard InChI is InChI=1S/C32H33N3O4/c1-3-4-10-21-39-25-16-14-24(15-17-25)29-27(30(36)28-22(2)33-26-13-8-9-19-34(26)28)31(37)32(38)35(29)20-18-23-11-6-5-7-12-23/h5-9,11-17,19,29,36H,3-4,10,18,20-21H2,1-2H3. The maximum atomic E-state index is 13.5. The van der Waals surface area contributed by atoms with Crippen LogP contribution in [-0.2, 0) is 16.0 Å². The number of hydrogen-bond donors (Lipinski definition) is 1. The molecule has 0 aliphatic carbocycles. The van der Waals surface area contributed by atoms with E-state index in [-0.39, 0.29) is 11.3 Å². The van der Waals surface area contributed by atoms with E-state index < -0.39 is 17.7 Å². The summed E-state index contributed by atoms with van der Waals surface area (Å²) in [4.78, 5) is 33.0. The second kappa shape index (κ2) is 11.6. The average molecular weight is 524 g/mol. The van der Waals surface area contributed by atoms with Gasteiger partial charge >= 0.3 is 0 Å².